The average Bonchev–Trinajstić information content (AvgIpc) is 2.88. The summed E-state index contributed by atoms with van der Waals surface area (Å²) in [6.07, 6.45) is 2.01. The first-order valence-electron chi connectivity index (χ1n) is 10.7. The predicted molar refractivity (Wildman–Crippen MR) is 122 cm³/mol. The molecular weight excluding hydrogens is 392 g/mol. The fourth-order valence-corrected chi connectivity index (χ4v) is 3.98. The zero-order valence-electron chi connectivity index (χ0n) is 19.0. The van der Waals surface area contributed by atoms with Gasteiger partial charge < -0.3 is 14.8 Å². The minimum Gasteiger partial charge on any atom is -0.497 e. The van der Waals surface area contributed by atoms with Gasteiger partial charge in [0.05, 0.1) is 19.9 Å². The molecule has 0 spiro atoms. The van der Waals surface area contributed by atoms with Gasteiger partial charge in [0.25, 0.3) is 5.91 Å². The molecule has 1 N–H and O–H groups in total. The maximum Gasteiger partial charge on any atom is 0.259 e. The van der Waals surface area contributed by atoms with Crippen LogP contribution in [0.4, 0.5) is 5.69 Å². The summed E-state index contributed by atoms with van der Waals surface area (Å²) in [7, 11) is 3.13. The van der Waals surface area contributed by atoms with E-state index < -0.39 is 5.54 Å². The standard InChI is InChI=1S/C25H32N2O4/c1-17(2)11-13-26-24(29)25(3)12-10-18-8-6-7-9-22(18)23(28)27(25)19-14-20(30-4)16-21(15-19)31-5/h6-9,14-17H,10-13H2,1-5H3,(H,26,29). The fraction of sp³-hybridized carbons (Fsp3) is 0.440. The van der Waals surface area contributed by atoms with Gasteiger partial charge in [0.2, 0.25) is 5.91 Å². The number of amides is 2. The molecule has 0 radical (unpaired) electrons. The first-order valence-corrected chi connectivity index (χ1v) is 10.7. The zero-order chi connectivity index (χ0) is 22.6. The van der Waals surface area contributed by atoms with Crippen molar-refractivity contribution in [3.63, 3.8) is 0 Å². The van der Waals surface area contributed by atoms with Crippen LogP contribution in [0.2, 0.25) is 0 Å². The van der Waals surface area contributed by atoms with Crippen LogP contribution in [0.25, 0.3) is 0 Å². The van der Waals surface area contributed by atoms with Gasteiger partial charge in [0, 0.05) is 30.3 Å². The van der Waals surface area contributed by atoms with Crippen molar-refractivity contribution < 1.29 is 19.1 Å². The number of nitrogens with zero attached hydrogens (tertiary/aromatic N) is 1. The Balaban J connectivity index is 2.10. The molecular formula is C25H32N2O4. The number of carbonyl (C=O) groups excluding carboxylic acids is 2. The lowest BCUT2D eigenvalue weighted by Crippen LogP contribution is -2.59. The second-order valence-corrected chi connectivity index (χ2v) is 8.58. The lowest BCUT2D eigenvalue weighted by Gasteiger charge is -2.39. The highest BCUT2D eigenvalue weighted by atomic mass is 16.5. The normalized spacial score (nSPS) is 18.4. The van der Waals surface area contributed by atoms with Gasteiger partial charge in [-0.2, -0.15) is 0 Å². The van der Waals surface area contributed by atoms with Crippen molar-refractivity contribution in [3.05, 3.63) is 53.6 Å². The van der Waals surface area contributed by atoms with Crippen molar-refractivity contribution in [3.8, 4) is 11.5 Å². The van der Waals surface area contributed by atoms with Crippen LogP contribution in [0, 0.1) is 5.92 Å². The SMILES string of the molecule is COc1cc(OC)cc(N2C(=O)c3ccccc3CCC2(C)C(=O)NCCC(C)C)c1. The minimum atomic E-state index is -1.07. The van der Waals surface area contributed by atoms with Gasteiger partial charge in [-0.15, -0.1) is 0 Å². The molecule has 0 aliphatic carbocycles. The molecule has 1 heterocycles. The van der Waals surface area contributed by atoms with Crippen molar-refractivity contribution in [1.29, 1.82) is 0 Å². The molecule has 0 aromatic heterocycles. The van der Waals surface area contributed by atoms with Gasteiger partial charge in [0.15, 0.2) is 0 Å². The summed E-state index contributed by atoms with van der Waals surface area (Å²) in [6, 6.07) is 12.9. The molecule has 31 heavy (non-hydrogen) atoms. The highest BCUT2D eigenvalue weighted by Crippen LogP contribution is 2.38. The van der Waals surface area contributed by atoms with Crippen LogP contribution in [0.3, 0.4) is 0 Å². The Morgan fingerprint density at radius 2 is 1.77 bits per heavy atom. The summed E-state index contributed by atoms with van der Waals surface area (Å²) in [6.45, 7) is 6.65. The number of hydrogen-bond donors (Lipinski definition) is 1. The molecule has 1 aliphatic heterocycles. The van der Waals surface area contributed by atoms with Crippen LogP contribution in [0.5, 0.6) is 11.5 Å². The summed E-state index contributed by atoms with van der Waals surface area (Å²) in [5.41, 5.74) is 1.07. The van der Waals surface area contributed by atoms with E-state index >= 15 is 0 Å². The van der Waals surface area contributed by atoms with E-state index in [-0.39, 0.29) is 11.8 Å². The molecule has 2 aromatic carbocycles. The molecule has 1 atom stereocenters. The van der Waals surface area contributed by atoms with Crippen molar-refractivity contribution >= 4 is 17.5 Å². The van der Waals surface area contributed by atoms with E-state index in [1.807, 2.05) is 31.2 Å². The van der Waals surface area contributed by atoms with Crippen LogP contribution in [0.1, 0.15) is 49.5 Å². The lowest BCUT2D eigenvalue weighted by molar-refractivity contribution is -0.126. The van der Waals surface area contributed by atoms with Crippen LogP contribution in [-0.2, 0) is 11.2 Å². The fourth-order valence-electron chi connectivity index (χ4n) is 3.98. The molecule has 166 valence electrons. The van der Waals surface area contributed by atoms with E-state index in [9.17, 15) is 9.59 Å². The van der Waals surface area contributed by atoms with E-state index in [0.29, 0.717) is 48.1 Å². The third-order valence-electron chi connectivity index (χ3n) is 5.92. The number of aryl methyl sites for hydroxylation is 1. The number of hydrogen-bond acceptors (Lipinski definition) is 4. The number of ether oxygens (including phenoxy) is 2. The summed E-state index contributed by atoms with van der Waals surface area (Å²) in [5.74, 6) is 1.23. The van der Waals surface area contributed by atoms with Gasteiger partial charge in [-0.25, -0.2) is 0 Å². The van der Waals surface area contributed by atoms with Gasteiger partial charge in [0.1, 0.15) is 17.0 Å². The Bertz CT molecular complexity index is 934. The maximum atomic E-state index is 13.8. The van der Waals surface area contributed by atoms with Crippen LogP contribution in [-0.4, -0.2) is 38.1 Å². The molecule has 1 aliphatic rings. The van der Waals surface area contributed by atoms with E-state index in [2.05, 4.69) is 19.2 Å². The Labute approximate surface area is 184 Å². The third kappa shape index (κ3) is 4.68. The number of rotatable bonds is 7. The first-order chi connectivity index (χ1) is 14.8. The second-order valence-electron chi connectivity index (χ2n) is 8.58. The largest absolute Gasteiger partial charge is 0.497 e. The Morgan fingerprint density at radius 1 is 1.13 bits per heavy atom. The average molecular weight is 425 g/mol. The number of methoxy groups -OCH3 is 2. The number of fused-ring (bicyclic) bond motifs is 1. The quantitative estimate of drug-likeness (QED) is 0.723. The lowest BCUT2D eigenvalue weighted by atomic mass is 9.91. The first kappa shape index (κ1) is 22.7. The molecule has 0 fully saturated rings. The van der Waals surface area contributed by atoms with E-state index in [1.165, 1.54) is 0 Å². The molecule has 6 heteroatoms. The topological polar surface area (TPSA) is 67.9 Å². The number of nitrogens with one attached hydrogen (secondary N) is 1. The Kier molecular flexibility index (Phi) is 6.88. The molecule has 3 rings (SSSR count). The van der Waals surface area contributed by atoms with Crippen molar-refractivity contribution in [2.45, 2.75) is 45.6 Å². The number of benzene rings is 2. The van der Waals surface area contributed by atoms with Gasteiger partial charge >= 0.3 is 0 Å². The van der Waals surface area contributed by atoms with Gasteiger partial charge in [-0.3, -0.25) is 14.5 Å². The number of anilines is 1. The highest BCUT2D eigenvalue weighted by Gasteiger charge is 2.45. The molecule has 2 amide bonds. The van der Waals surface area contributed by atoms with E-state index in [4.69, 9.17) is 9.47 Å². The third-order valence-corrected chi connectivity index (χ3v) is 5.92. The molecule has 6 nitrogen and oxygen atoms in total. The summed E-state index contributed by atoms with van der Waals surface area (Å²) >= 11 is 0. The van der Waals surface area contributed by atoms with Gasteiger partial charge in [-0.05, 0) is 43.7 Å². The molecule has 0 saturated carbocycles. The molecule has 1 unspecified atom stereocenters. The smallest absolute Gasteiger partial charge is 0.259 e. The van der Waals surface area contributed by atoms with Gasteiger partial charge in [-0.1, -0.05) is 32.0 Å². The van der Waals surface area contributed by atoms with E-state index in [1.54, 1.807) is 37.3 Å². The number of carbonyl (C=O) groups is 2. The maximum absolute atomic E-state index is 13.8. The van der Waals surface area contributed by atoms with Crippen LogP contribution in [0.15, 0.2) is 42.5 Å². The Morgan fingerprint density at radius 3 is 2.39 bits per heavy atom. The Hall–Kier alpha value is -3.02. The summed E-state index contributed by atoms with van der Waals surface area (Å²) < 4.78 is 10.9. The summed E-state index contributed by atoms with van der Waals surface area (Å²) in [5, 5.41) is 3.06. The second kappa shape index (κ2) is 9.41. The van der Waals surface area contributed by atoms with Crippen molar-refractivity contribution in [1.82, 2.24) is 5.32 Å². The molecule has 2 aromatic rings. The highest BCUT2D eigenvalue weighted by molar-refractivity contribution is 6.12. The van der Waals surface area contributed by atoms with Crippen molar-refractivity contribution in [2.24, 2.45) is 5.92 Å². The van der Waals surface area contributed by atoms with Crippen LogP contribution < -0.4 is 19.7 Å². The zero-order valence-corrected chi connectivity index (χ0v) is 19.0. The van der Waals surface area contributed by atoms with Crippen LogP contribution >= 0.6 is 0 Å². The van der Waals surface area contributed by atoms with Crippen molar-refractivity contribution in [2.75, 3.05) is 25.7 Å². The predicted octanol–water partition coefficient (Wildman–Crippen LogP) is 4.22. The molecule has 0 saturated heterocycles. The van der Waals surface area contributed by atoms with E-state index in [0.717, 1.165) is 12.0 Å². The molecule has 0 bridgehead atoms. The minimum absolute atomic E-state index is 0.156. The summed E-state index contributed by atoms with van der Waals surface area (Å²) in [4.78, 5) is 28.9. The monoisotopic (exact) mass is 424 g/mol.